The summed E-state index contributed by atoms with van der Waals surface area (Å²) in [6.07, 6.45) is 41.3. The summed E-state index contributed by atoms with van der Waals surface area (Å²) >= 11 is 0. The smallest absolute Gasteiger partial charge is 0.362 e. The third kappa shape index (κ3) is 32.9. The Labute approximate surface area is 318 Å². The Morgan fingerprint density at radius 2 is 1.08 bits per heavy atom. The molecule has 0 aliphatic carbocycles. The van der Waals surface area contributed by atoms with Gasteiger partial charge in [0.1, 0.15) is 6.61 Å². The first-order valence-corrected chi connectivity index (χ1v) is 20.4. The monoisotopic (exact) mass is 731 g/mol. The summed E-state index contributed by atoms with van der Waals surface area (Å²) in [6.45, 7) is 4.50. The second kappa shape index (κ2) is 35.1. The van der Waals surface area contributed by atoms with Gasteiger partial charge in [-0.2, -0.15) is 0 Å². The molecule has 0 fully saturated rings. The van der Waals surface area contributed by atoms with Crippen LogP contribution >= 0.6 is 0 Å². The van der Waals surface area contributed by atoms with E-state index < -0.39 is 18.1 Å². The van der Waals surface area contributed by atoms with Crippen molar-refractivity contribution in [1.82, 2.24) is 0 Å². The van der Waals surface area contributed by atoms with Gasteiger partial charge in [-0.3, -0.25) is 9.59 Å². The molecule has 8 nitrogen and oxygen atoms in total. The Morgan fingerprint density at radius 3 is 1.58 bits per heavy atom. The molecule has 1 N–H and O–H groups in total. The zero-order valence-corrected chi connectivity index (χ0v) is 33.7. The van der Waals surface area contributed by atoms with Crippen LogP contribution in [0.5, 0.6) is 0 Å². The Balaban J connectivity index is 4.48. The molecule has 8 heteroatoms. The molecule has 0 heterocycles. The van der Waals surface area contributed by atoms with Crippen LogP contribution < -0.4 is 0 Å². The number of hydrogen-bond donors (Lipinski definition) is 1. The fourth-order valence-corrected chi connectivity index (χ4v) is 5.65. The molecule has 0 aliphatic rings. The van der Waals surface area contributed by atoms with Crippen molar-refractivity contribution in [2.24, 2.45) is 0 Å². The van der Waals surface area contributed by atoms with E-state index in [4.69, 9.17) is 14.2 Å². The number of rotatable bonds is 35. The molecule has 52 heavy (non-hydrogen) atoms. The standard InChI is InChI=1S/C44H75NO7/c1-6-8-10-12-14-16-18-20-21-23-24-26-28-30-32-34-42(46)51-39-40(38-50-37-36-41(44(48)49)45(3,4)5)52-43(47)35-33-31-29-27-25-22-19-17-15-13-11-9-7-2/h9,11,13,15,17,19,22,25,27,29,40-41H,6-8,10,12,14,16,18,20-21,23-24,26,28,30-39H2,1-5H3/p+1/b11-9+,15-13+,19-17+,25-22+,29-27+. The Morgan fingerprint density at radius 1 is 0.596 bits per heavy atom. The molecule has 0 amide bonds. The van der Waals surface area contributed by atoms with Gasteiger partial charge in [0.2, 0.25) is 0 Å². The predicted molar refractivity (Wildman–Crippen MR) is 215 cm³/mol. The zero-order valence-electron chi connectivity index (χ0n) is 33.7. The van der Waals surface area contributed by atoms with Crippen LogP contribution in [0.3, 0.4) is 0 Å². The van der Waals surface area contributed by atoms with Crippen molar-refractivity contribution in [1.29, 1.82) is 0 Å². The van der Waals surface area contributed by atoms with Crippen molar-refractivity contribution < 1.29 is 38.2 Å². The van der Waals surface area contributed by atoms with E-state index in [2.05, 4.69) is 19.9 Å². The molecular formula is C44H76NO7+. The number of carbonyl (C=O) groups excluding carboxylic acids is 2. The second-order valence-electron chi connectivity index (χ2n) is 14.6. The number of quaternary nitrogens is 1. The maximum Gasteiger partial charge on any atom is 0.362 e. The molecule has 0 saturated carbocycles. The fourth-order valence-electron chi connectivity index (χ4n) is 5.65. The van der Waals surface area contributed by atoms with E-state index in [-0.39, 0.29) is 42.7 Å². The predicted octanol–water partition coefficient (Wildman–Crippen LogP) is 10.6. The minimum Gasteiger partial charge on any atom is -0.477 e. The molecule has 0 rings (SSSR count). The molecule has 0 aliphatic heterocycles. The van der Waals surface area contributed by atoms with Gasteiger partial charge in [-0.15, -0.1) is 0 Å². The molecule has 0 spiro atoms. The molecule has 0 aromatic rings. The highest BCUT2D eigenvalue weighted by Gasteiger charge is 2.31. The van der Waals surface area contributed by atoms with Gasteiger partial charge in [-0.25, -0.2) is 4.79 Å². The molecule has 0 saturated heterocycles. The van der Waals surface area contributed by atoms with Gasteiger partial charge < -0.3 is 23.8 Å². The quantitative estimate of drug-likeness (QED) is 0.0300. The van der Waals surface area contributed by atoms with Crippen LogP contribution in [0, 0.1) is 0 Å². The summed E-state index contributed by atoms with van der Waals surface area (Å²) in [5, 5.41) is 9.59. The first kappa shape index (κ1) is 49.0. The topological polar surface area (TPSA) is 99.1 Å². The van der Waals surface area contributed by atoms with Crippen molar-refractivity contribution in [3.8, 4) is 0 Å². The van der Waals surface area contributed by atoms with Gasteiger partial charge >= 0.3 is 17.9 Å². The average molecular weight is 731 g/mol. The maximum atomic E-state index is 12.6. The van der Waals surface area contributed by atoms with Crippen LogP contribution in [0.1, 0.15) is 149 Å². The summed E-state index contributed by atoms with van der Waals surface area (Å²) < 4.78 is 17.1. The van der Waals surface area contributed by atoms with Gasteiger partial charge in [-0.05, 0) is 25.7 Å². The molecule has 2 unspecified atom stereocenters. The number of allylic oxidation sites excluding steroid dienone is 10. The third-order valence-corrected chi connectivity index (χ3v) is 8.81. The van der Waals surface area contributed by atoms with E-state index in [1.807, 2.05) is 75.8 Å². The first-order valence-electron chi connectivity index (χ1n) is 20.4. The Bertz CT molecular complexity index is 1040. The molecule has 2 atom stereocenters. The summed E-state index contributed by atoms with van der Waals surface area (Å²) in [5.74, 6) is -1.57. The second-order valence-corrected chi connectivity index (χ2v) is 14.6. The van der Waals surface area contributed by atoms with E-state index in [0.29, 0.717) is 19.3 Å². The van der Waals surface area contributed by atoms with Crippen molar-refractivity contribution in [2.45, 2.75) is 161 Å². The van der Waals surface area contributed by atoms with Crippen LogP contribution in [0.15, 0.2) is 60.8 Å². The normalized spacial score (nSPS) is 13.6. The lowest BCUT2D eigenvalue weighted by Gasteiger charge is -2.31. The van der Waals surface area contributed by atoms with Gasteiger partial charge in [-0.1, -0.05) is 164 Å². The summed E-state index contributed by atoms with van der Waals surface area (Å²) in [6, 6.07) is -0.627. The first-order chi connectivity index (χ1) is 25.1. The number of likely N-dealkylation sites (N-methyl/N-ethyl adjacent to an activating group) is 1. The minimum atomic E-state index is -0.888. The van der Waals surface area contributed by atoms with Gasteiger partial charge in [0.15, 0.2) is 12.1 Å². The van der Waals surface area contributed by atoms with Crippen LogP contribution in [0.4, 0.5) is 0 Å². The summed E-state index contributed by atoms with van der Waals surface area (Å²) in [5.41, 5.74) is 0. The van der Waals surface area contributed by atoms with E-state index in [1.165, 1.54) is 77.0 Å². The van der Waals surface area contributed by atoms with E-state index in [1.54, 1.807) is 0 Å². The molecule has 298 valence electrons. The van der Waals surface area contributed by atoms with Crippen molar-refractivity contribution in [3.63, 3.8) is 0 Å². The minimum absolute atomic E-state index is 0.0315. The molecule has 0 radical (unpaired) electrons. The number of hydrogen-bond acceptors (Lipinski definition) is 6. The van der Waals surface area contributed by atoms with Gasteiger partial charge in [0.05, 0.1) is 34.4 Å². The van der Waals surface area contributed by atoms with E-state index in [0.717, 1.165) is 32.1 Å². The average Bonchev–Trinajstić information content (AvgIpc) is 3.09. The Kier molecular flexibility index (Phi) is 33.1. The van der Waals surface area contributed by atoms with E-state index in [9.17, 15) is 19.5 Å². The number of unbranched alkanes of at least 4 members (excludes halogenated alkanes) is 15. The highest BCUT2D eigenvalue weighted by Crippen LogP contribution is 2.14. The lowest BCUT2D eigenvalue weighted by atomic mass is 10.0. The van der Waals surface area contributed by atoms with Crippen LogP contribution in [0.2, 0.25) is 0 Å². The SMILES string of the molecule is CC/C=C/C=C/C=C/C=C/C=C/CCCC(=O)OC(COCCC(C(=O)O)[N+](C)(C)C)COC(=O)CCCCCCCCCCCCCCCCC. The lowest BCUT2D eigenvalue weighted by Crippen LogP contribution is -2.50. The number of aliphatic carboxylic acids is 1. The van der Waals surface area contributed by atoms with Gasteiger partial charge in [0.25, 0.3) is 0 Å². The molecular weight excluding hydrogens is 654 g/mol. The third-order valence-electron chi connectivity index (χ3n) is 8.81. The lowest BCUT2D eigenvalue weighted by molar-refractivity contribution is -0.887. The number of carboxylic acids is 1. The van der Waals surface area contributed by atoms with Crippen LogP contribution in [-0.4, -0.2) is 80.6 Å². The van der Waals surface area contributed by atoms with Gasteiger partial charge in [0, 0.05) is 19.3 Å². The van der Waals surface area contributed by atoms with Crippen molar-refractivity contribution in [2.75, 3.05) is 41.0 Å². The number of carboxylic acid groups (broad SMARTS) is 1. The Hall–Kier alpha value is -2.97. The number of ether oxygens (including phenoxy) is 3. The van der Waals surface area contributed by atoms with Crippen LogP contribution in [0.25, 0.3) is 0 Å². The van der Waals surface area contributed by atoms with Crippen molar-refractivity contribution >= 4 is 17.9 Å². The molecule has 0 aromatic heterocycles. The fraction of sp³-hybridized carbons (Fsp3) is 0.705. The molecule has 0 bridgehead atoms. The highest BCUT2D eigenvalue weighted by molar-refractivity contribution is 5.72. The number of esters is 2. The largest absolute Gasteiger partial charge is 0.477 e. The van der Waals surface area contributed by atoms with Crippen LogP contribution in [-0.2, 0) is 28.6 Å². The highest BCUT2D eigenvalue weighted by atomic mass is 16.6. The maximum absolute atomic E-state index is 12.6. The molecule has 0 aromatic carbocycles. The number of nitrogens with zero attached hydrogens (tertiary/aromatic N) is 1. The van der Waals surface area contributed by atoms with Crippen molar-refractivity contribution in [3.05, 3.63) is 60.8 Å². The summed E-state index contributed by atoms with van der Waals surface area (Å²) in [4.78, 5) is 36.8. The summed E-state index contributed by atoms with van der Waals surface area (Å²) in [7, 11) is 5.49. The zero-order chi connectivity index (χ0) is 38.5. The van der Waals surface area contributed by atoms with E-state index >= 15 is 0 Å². The number of carbonyl (C=O) groups is 3.